The molecule has 4 nitrogen and oxygen atoms in total. The minimum atomic E-state index is -0.294. The fourth-order valence-electron chi connectivity index (χ4n) is 1.51. The number of nitrogen functional groups attached to an aromatic ring is 1. The molecule has 0 fully saturated rings. The number of nitrogens with two attached hydrogens (primary N) is 1. The topological polar surface area (TPSA) is 55.6 Å². The molecule has 18 heavy (non-hydrogen) atoms. The summed E-state index contributed by atoms with van der Waals surface area (Å²) in [6.45, 7) is 7.31. The molecule has 1 aromatic carbocycles. The molecule has 0 atom stereocenters. The Morgan fingerprint density at radius 3 is 2.28 bits per heavy atom. The Hall–Kier alpha value is -1.26. The lowest BCUT2D eigenvalue weighted by molar-refractivity contribution is -0.0000225. The minimum Gasteiger partial charge on any atom is -1.00 e. The van der Waals surface area contributed by atoms with Gasteiger partial charge >= 0.3 is 5.97 Å². The number of halogens is 1. The van der Waals surface area contributed by atoms with Crippen LogP contribution in [-0.4, -0.2) is 37.1 Å². The average molecular weight is 272 g/mol. The summed E-state index contributed by atoms with van der Waals surface area (Å²) in [5, 5.41) is 0. The summed E-state index contributed by atoms with van der Waals surface area (Å²) in [5.74, 6) is -0.294. The Morgan fingerprint density at radius 2 is 1.78 bits per heavy atom. The van der Waals surface area contributed by atoms with Crippen molar-refractivity contribution in [3.05, 3.63) is 29.8 Å². The quantitative estimate of drug-likeness (QED) is 0.520. The van der Waals surface area contributed by atoms with Gasteiger partial charge in [0, 0.05) is 12.2 Å². The molecule has 0 spiro atoms. The summed E-state index contributed by atoms with van der Waals surface area (Å²) < 4.78 is 5.18. The molecule has 0 radical (unpaired) electrons. The van der Waals surface area contributed by atoms with Crippen LogP contribution in [0.3, 0.4) is 0 Å². The van der Waals surface area contributed by atoms with Crippen LogP contribution in [-0.2, 0) is 4.74 Å². The number of esters is 1. The van der Waals surface area contributed by atoms with Gasteiger partial charge in [-0.3, -0.25) is 0 Å². The molecule has 0 saturated carbocycles. The largest absolute Gasteiger partial charge is 1.00 e. The highest BCUT2D eigenvalue weighted by atomic mass is 35.5. The maximum Gasteiger partial charge on any atom is 0.338 e. The molecule has 0 unspecified atom stereocenters. The molecule has 1 rings (SSSR count). The van der Waals surface area contributed by atoms with Gasteiger partial charge in [0.1, 0.15) is 6.61 Å². The summed E-state index contributed by atoms with van der Waals surface area (Å²) in [6.07, 6.45) is 0. The zero-order valence-corrected chi connectivity index (χ0v) is 11.6. The molecular weight excluding hydrogens is 252 g/mol. The number of anilines is 1. The molecule has 0 aliphatic heterocycles. The summed E-state index contributed by atoms with van der Waals surface area (Å²) in [7, 11) is 0. The van der Waals surface area contributed by atoms with E-state index in [4.69, 9.17) is 10.5 Å². The van der Waals surface area contributed by atoms with Crippen molar-refractivity contribution in [1.29, 1.82) is 0 Å². The third kappa shape index (κ3) is 5.38. The molecule has 102 valence electrons. The molecule has 0 heterocycles. The van der Waals surface area contributed by atoms with Crippen LogP contribution >= 0.6 is 0 Å². The van der Waals surface area contributed by atoms with Crippen LogP contribution < -0.4 is 18.1 Å². The third-order valence-corrected chi connectivity index (χ3v) is 2.68. The Kier molecular flexibility index (Phi) is 8.16. The Labute approximate surface area is 115 Å². The van der Waals surface area contributed by atoms with Crippen LogP contribution in [0, 0.1) is 0 Å². The van der Waals surface area contributed by atoms with Crippen LogP contribution in [0.5, 0.6) is 0 Å². The maximum atomic E-state index is 11.6. The number of ether oxygens (including phenoxy) is 1. The molecule has 0 amide bonds. The van der Waals surface area contributed by atoms with Crippen molar-refractivity contribution >= 4 is 11.7 Å². The van der Waals surface area contributed by atoms with Gasteiger partial charge in [0.15, 0.2) is 0 Å². The predicted octanol–water partition coefficient (Wildman–Crippen LogP) is -1.23. The van der Waals surface area contributed by atoms with Gasteiger partial charge in [0.25, 0.3) is 0 Å². The SMILES string of the molecule is CCN(CC)CCOC(=O)c1ccc(N)cc1.[Cl-]. The van der Waals surface area contributed by atoms with E-state index in [0.717, 1.165) is 19.6 Å². The van der Waals surface area contributed by atoms with E-state index in [1.807, 2.05) is 0 Å². The lowest BCUT2D eigenvalue weighted by Crippen LogP contribution is -3.00. The number of carbonyl (C=O) groups excluding carboxylic acids is 1. The molecule has 5 heteroatoms. The van der Waals surface area contributed by atoms with Gasteiger partial charge in [0.05, 0.1) is 5.56 Å². The van der Waals surface area contributed by atoms with Crippen LogP contribution in [0.1, 0.15) is 24.2 Å². The number of hydrogen-bond acceptors (Lipinski definition) is 4. The standard InChI is InChI=1S/C13H20N2O2.ClH/c1-3-15(4-2)9-10-17-13(16)11-5-7-12(14)8-6-11;/h5-8H,3-4,9-10,14H2,1-2H3;1H/p-1. The Balaban J connectivity index is 0.00000289. The number of rotatable bonds is 6. The van der Waals surface area contributed by atoms with Crippen LogP contribution in [0.4, 0.5) is 5.69 Å². The lowest BCUT2D eigenvalue weighted by Gasteiger charge is -2.17. The first-order chi connectivity index (χ1) is 8.17. The van der Waals surface area contributed by atoms with E-state index >= 15 is 0 Å². The van der Waals surface area contributed by atoms with E-state index in [0.29, 0.717) is 17.9 Å². The van der Waals surface area contributed by atoms with Crippen molar-refractivity contribution in [3.8, 4) is 0 Å². The highest BCUT2D eigenvalue weighted by Crippen LogP contribution is 2.06. The highest BCUT2D eigenvalue weighted by Gasteiger charge is 2.07. The number of benzene rings is 1. The molecular formula is C13H20ClN2O2-. The lowest BCUT2D eigenvalue weighted by atomic mass is 10.2. The number of nitrogens with zero attached hydrogens (tertiary/aromatic N) is 1. The van der Waals surface area contributed by atoms with E-state index in [-0.39, 0.29) is 18.4 Å². The molecule has 2 N–H and O–H groups in total. The molecule has 1 aromatic rings. The number of likely N-dealkylation sites (N-methyl/N-ethyl adjacent to an activating group) is 1. The van der Waals surface area contributed by atoms with Gasteiger partial charge in [-0.1, -0.05) is 13.8 Å². The zero-order valence-electron chi connectivity index (χ0n) is 10.9. The van der Waals surface area contributed by atoms with E-state index in [1.165, 1.54) is 0 Å². The van der Waals surface area contributed by atoms with E-state index in [2.05, 4.69) is 18.7 Å². The summed E-state index contributed by atoms with van der Waals surface area (Å²) in [4.78, 5) is 13.8. The van der Waals surface area contributed by atoms with Gasteiger partial charge < -0.3 is 27.8 Å². The van der Waals surface area contributed by atoms with Gasteiger partial charge in [-0.15, -0.1) is 0 Å². The van der Waals surface area contributed by atoms with Crippen molar-refractivity contribution in [3.63, 3.8) is 0 Å². The van der Waals surface area contributed by atoms with Crippen LogP contribution in [0.25, 0.3) is 0 Å². The molecule has 0 saturated heterocycles. The summed E-state index contributed by atoms with van der Waals surface area (Å²) >= 11 is 0. The first kappa shape index (κ1) is 16.7. The summed E-state index contributed by atoms with van der Waals surface area (Å²) in [6, 6.07) is 6.74. The molecule has 0 aliphatic carbocycles. The first-order valence-corrected chi connectivity index (χ1v) is 5.92. The van der Waals surface area contributed by atoms with Crippen molar-refractivity contribution < 1.29 is 21.9 Å². The van der Waals surface area contributed by atoms with Crippen molar-refractivity contribution in [2.45, 2.75) is 13.8 Å². The number of carbonyl (C=O) groups is 1. The fourth-order valence-corrected chi connectivity index (χ4v) is 1.51. The van der Waals surface area contributed by atoms with Crippen molar-refractivity contribution in [2.24, 2.45) is 0 Å². The van der Waals surface area contributed by atoms with E-state index in [9.17, 15) is 4.79 Å². The van der Waals surface area contributed by atoms with Gasteiger partial charge in [0.2, 0.25) is 0 Å². The van der Waals surface area contributed by atoms with Crippen molar-refractivity contribution in [1.82, 2.24) is 4.90 Å². The number of hydrogen-bond donors (Lipinski definition) is 1. The fraction of sp³-hybridized carbons (Fsp3) is 0.462. The highest BCUT2D eigenvalue weighted by molar-refractivity contribution is 5.89. The Bertz CT molecular complexity index is 351. The minimum absolute atomic E-state index is 0. The zero-order chi connectivity index (χ0) is 12.7. The van der Waals surface area contributed by atoms with Gasteiger partial charge in [-0.25, -0.2) is 4.79 Å². The maximum absolute atomic E-state index is 11.6. The second kappa shape index (κ2) is 8.78. The van der Waals surface area contributed by atoms with E-state index < -0.39 is 0 Å². The second-order valence-electron chi connectivity index (χ2n) is 3.78. The average Bonchev–Trinajstić information content (AvgIpc) is 2.35. The Morgan fingerprint density at radius 1 is 1.22 bits per heavy atom. The summed E-state index contributed by atoms with van der Waals surface area (Å²) in [5.41, 5.74) is 6.73. The molecule has 0 aromatic heterocycles. The normalized spacial score (nSPS) is 9.94. The van der Waals surface area contributed by atoms with Crippen LogP contribution in [0.2, 0.25) is 0 Å². The predicted molar refractivity (Wildman–Crippen MR) is 68.9 cm³/mol. The monoisotopic (exact) mass is 271 g/mol. The van der Waals surface area contributed by atoms with Crippen molar-refractivity contribution in [2.75, 3.05) is 32.0 Å². The van der Waals surface area contributed by atoms with Gasteiger partial charge in [-0.05, 0) is 37.4 Å². The molecule has 0 bridgehead atoms. The second-order valence-corrected chi connectivity index (χ2v) is 3.78. The molecule has 0 aliphatic rings. The van der Waals surface area contributed by atoms with Crippen LogP contribution in [0.15, 0.2) is 24.3 Å². The van der Waals surface area contributed by atoms with E-state index in [1.54, 1.807) is 24.3 Å². The van der Waals surface area contributed by atoms with Gasteiger partial charge in [-0.2, -0.15) is 0 Å². The first-order valence-electron chi connectivity index (χ1n) is 5.92. The smallest absolute Gasteiger partial charge is 0.338 e. The third-order valence-electron chi connectivity index (χ3n) is 2.68.